The highest BCUT2D eigenvalue weighted by Crippen LogP contribution is 2.43. The molecule has 0 atom stereocenters. The lowest BCUT2D eigenvalue weighted by Crippen LogP contribution is -2.58. The molecule has 0 unspecified atom stereocenters. The first kappa shape index (κ1) is 32.6. The molecule has 0 radical (unpaired) electrons. The van der Waals surface area contributed by atoms with E-state index in [1.54, 1.807) is 6.20 Å². The van der Waals surface area contributed by atoms with E-state index in [0.717, 1.165) is 43.8 Å². The summed E-state index contributed by atoms with van der Waals surface area (Å²) in [5, 5.41) is 10.5. The molecule has 2 fully saturated rings. The quantitative estimate of drug-likeness (QED) is 0.379. The fourth-order valence-corrected chi connectivity index (χ4v) is 7.05. The zero-order valence-corrected chi connectivity index (χ0v) is 26.9. The minimum Gasteiger partial charge on any atom is -0.400 e. The van der Waals surface area contributed by atoms with Gasteiger partial charge >= 0.3 is 0 Å². The van der Waals surface area contributed by atoms with Crippen molar-refractivity contribution in [3.8, 4) is 17.3 Å². The molecular weight excluding hydrogens is 566 g/mol. The molecule has 1 spiro atoms. The summed E-state index contributed by atoms with van der Waals surface area (Å²) in [6.07, 6.45) is 5.19. The lowest BCUT2D eigenvalue weighted by molar-refractivity contribution is 0.0695. The Balaban J connectivity index is 0.000000798. The second-order valence-electron chi connectivity index (χ2n) is 11.3. The molecule has 7 nitrogen and oxygen atoms in total. The van der Waals surface area contributed by atoms with Gasteiger partial charge in [-0.05, 0) is 38.1 Å². The Labute approximate surface area is 257 Å². The molecule has 10 heteroatoms. The molecule has 0 bridgehead atoms. The van der Waals surface area contributed by atoms with Crippen LogP contribution in [0.1, 0.15) is 64.2 Å². The van der Waals surface area contributed by atoms with Crippen LogP contribution in [-0.4, -0.2) is 59.6 Å². The molecule has 4 aliphatic rings. The predicted molar refractivity (Wildman–Crippen MR) is 171 cm³/mol. The van der Waals surface area contributed by atoms with Crippen LogP contribution >= 0.6 is 11.8 Å². The summed E-state index contributed by atoms with van der Waals surface area (Å²) in [6, 6.07) is 2.07. The van der Waals surface area contributed by atoms with Gasteiger partial charge in [-0.15, -0.1) is 11.8 Å². The number of benzene rings is 1. The van der Waals surface area contributed by atoms with Crippen molar-refractivity contribution < 1.29 is 13.5 Å². The monoisotopic (exact) mass is 608 g/mol. The number of hydrogen-bond donors (Lipinski definition) is 1. The van der Waals surface area contributed by atoms with Gasteiger partial charge in [0.15, 0.2) is 5.82 Å². The number of aliphatic imine (C=N–C) groups is 1. The zero-order chi connectivity index (χ0) is 31.5. The largest absolute Gasteiger partial charge is 0.400 e. The van der Waals surface area contributed by atoms with Crippen molar-refractivity contribution in [2.75, 3.05) is 39.0 Å². The molecule has 5 heterocycles. The SMILES string of the molecule is C=c1c(F)c(-c2ncc(F)c3c2C(C#N)=C(N)CS3)c2c(/c1=C/N=C(C)N1CC3(CCN(C)C3)C1)COC2.CC.CCC. The summed E-state index contributed by atoms with van der Waals surface area (Å²) in [4.78, 5) is 13.8. The summed E-state index contributed by atoms with van der Waals surface area (Å²) in [6.45, 7) is 18.9. The molecule has 1 aromatic heterocycles. The highest BCUT2D eigenvalue weighted by atomic mass is 32.2. The van der Waals surface area contributed by atoms with Crippen LogP contribution < -0.4 is 16.2 Å². The Bertz CT molecular complexity index is 1610. The van der Waals surface area contributed by atoms with E-state index in [4.69, 9.17) is 15.5 Å². The first-order valence-electron chi connectivity index (χ1n) is 14.9. The van der Waals surface area contributed by atoms with E-state index in [0.29, 0.717) is 21.9 Å². The van der Waals surface area contributed by atoms with Gasteiger partial charge in [-0.25, -0.2) is 13.8 Å². The zero-order valence-electron chi connectivity index (χ0n) is 26.1. The van der Waals surface area contributed by atoms with E-state index in [2.05, 4.69) is 48.3 Å². The first-order valence-corrected chi connectivity index (χ1v) is 15.9. The summed E-state index contributed by atoms with van der Waals surface area (Å²) < 4.78 is 36.6. The molecule has 6 rings (SSSR count). The van der Waals surface area contributed by atoms with Gasteiger partial charge in [-0.1, -0.05) is 40.7 Å². The smallest absolute Gasteiger partial charge is 0.155 e. The van der Waals surface area contributed by atoms with Crippen molar-refractivity contribution in [2.24, 2.45) is 16.1 Å². The van der Waals surface area contributed by atoms with Gasteiger partial charge in [-0.3, -0.25) is 4.98 Å². The number of halogens is 2. The lowest BCUT2D eigenvalue weighted by Gasteiger charge is -2.49. The third-order valence-corrected chi connectivity index (χ3v) is 9.24. The minimum atomic E-state index is -0.585. The van der Waals surface area contributed by atoms with Crippen LogP contribution in [0.15, 0.2) is 21.8 Å². The maximum absolute atomic E-state index is 16.1. The van der Waals surface area contributed by atoms with Crippen LogP contribution in [0.5, 0.6) is 0 Å². The van der Waals surface area contributed by atoms with Gasteiger partial charge in [0.1, 0.15) is 17.7 Å². The van der Waals surface area contributed by atoms with Crippen molar-refractivity contribution in [2.45, 2.75) is 65.6 Å². The van der Waals surface area contributed by atoms with Crippen LogP contribution in [-0.2, 0) is 18.0 Å². The van der Waals surface area contributed by atoms with Crippen LogP contribution in [0.4, 0.5) is 8.78 Å². The number of likely N-dealkylation sites (tertiary alicyclic amines) is 2. The standard InChI is InChI=1S/C28H28F2N6OS.C3H8.C2H6/c1-15-18(7-33-16(2)36-13-28(14-36)4-5-35(3)12-28)19-9-37-10-20(19)23(25(15)30)26-24-17(6-31)22(32)11-38-27(24)21(29)8-34-26;1-3-2;1-2/h7-8H,1,4-5,9-14,32H2,2-3H3;3H2,1-2H3;1-2H3/b18-7+,33-16?;;. The highest BCUT2D eigenvalue weighted by Gasteiger charge is 2.47. The second-order valence-corrected chi connectivity index (χ2v) is 12.3. The number of nitrogens with two attached hydrogens (primary N) is 1. The Morgan fingerprint density at radius 1 is 1.23 bits per heavy atom. The average molecular weight is 609 g/mol. The number of allylic oxidation sites excluding steroid dienone is 1. The van der Waals surface area contributed by atoms with Crippen molar-refractivity contribution in [1.29, 1.82) is 5.26 Å². The fraction of sp³-hybridized carbons (Fsp3) is 0.485. The Hall–Kier alpha value is -3.26. The Kier molecular flexibility index (Phi) is 10.3. The summed E-state index contributed by atoms with van der Waals surface area (Å²) in [5.41, 5.74) is 8.84. The van der Waals surface area contributed by atoms with Crippen molar-refractivity contribution >= 4 is 35.9 Å². The number of amidine groups is 1. The van der Waals surface area contributed by atoms with Gasteiger partial charge < -0.3 is 20.3 Å². The molecule has 2 N–H and O–H groups in total. The molecule has 2 aromatic rings. The number of rotatable bonds is 2. The van der Waals surface area contributed by atoms with Gasteiger partial charge in [-0.2, -0.15) is 5.26 Å². The van der Waals surface area contributed by atoms with E-state index >= 15 is 4.39 Å². The highest BCUT2D eigenvalue weighted by molar-refractivity contribution is 7.99. The van der Waals surface area contributed by atoms with Crippen LogP contribution in [0.2, 0.25) is 0 Å². The molecule has 0 aliphatic carbocycles. The van der Waals surface area contributed by atoms with Gasteiger partial charge in [0.05, 0.1) is 35.6 Å². The number of nitrogens with zero attached hydrogens (tertiary/aromatic N) is 5. The third-order valence-electron chi connectivity index (χ3n) is 8.09. The average Bonchev–Trinajstić information content (AvgIpc) is 3.62. The molecule has 4 aliphatic heterocycles. The topological polar surface area (TPSA) is 90.8 Å². The molecule has 0 amide bonds. The van der Waals surface area contributed by atoms with Gasteiger partial charge in [0, 0.05) is 64.3 Å². The van der Waals surface area contributed by atoms with Gasteiger partial charge in [0.25, 0.3) is 0 Å². The molecular formula is C33H42F2N6OS. The third kappa shape index (κ3) is 6.08. The number of thioether (sulfide) groups is 1. The van der Waals surface area contributed by atoms with Crippen LogP contribution in [0.3, 0.4) is 0 Å². The number of pyridine rings is 1. The maximum atomic E-state index is 16.1. The first-order chi connectivity index (χ1) is 20.6. The van der Waals surface area contributed by atoms with E-state index in [-0.39, 0.29) is 51.5 Å². The fourth-order valence-electron chi connectivity index (χ4n) is 6.07. The van der Waals surface area contributed by atoms with E-state index in [1.807, 2.05) is 20.8 Å². The number of ether oxygens (including phenoxy) is 1. The number of fused-ring (bicyclic) bond motifs is 2. The number of nitriles is 1. The summed E-state index contributed by atoms with van der Waals surface area (Å²) in [5.74, 6) is 0.00918. The normalized spacial score (nSPS) is 19.2. The molecule has 0 saturated carbocycles. The van der Waals surface area contributed by atoms with E-state index < -0.39 is 11.6 Å². The Morgan fingerprint density at radius 2 is 1.91 bits per heavy atom. The predicted octanol–water partition coefficient (Wildman–Crippen LogP) is 5.00. The number of hydrogen-bond acceptors (Lipinski definition) is 7. The van der Waals surface area contributed by atoms with Crippen molar-refractivity contribution in [1.82, 2.24) is 14.8 Å². The van der Waals surface area contributed by atoms with Gasteiger partial charge in [0.2, 0.25) is 0 Å². The van der Waals surface area contributed by atoms with Crippen LogP contribution in [0, 0.1) is 28.4 Å². The second kappa shape index (κ2) is 13.6. The van der Waals surface area contributed by atoms with E-state index in [1.165, 1.54) is 24.6 Å². The van der Waals surface area contributed by atoms with Crippen LogP contribution in [0.25, 0.3) is 29.6 Å². The maximum Gasteiger partial charge on any atom is 0.155 e. The molecule has 43 heavy (non-hydrogen) atoms. The minimum absolute atomic E-state index is 0.120. The Morgan fingerprint density at radius 3 is 2.53 bits per heavy atom. The molecule has 230 valence electrons. The lowest BCUT2D eigenvalue weighted by atomic mass is 9.79. The van der Waals surface area contributed by atoms with E-state index in [9.17, 15) is 9.65 Å². The molecule has 1 aromatic carbocycles. The summed E-state index contributed by atoms with van der Waals surface area (Å²) >= 11 is 1.18. The number of aromatic nitrogens is 1. The molecule has 2 saturated heterocycles. The van der Waals surface area contributed by atoms with Crippen molar-refractivity contribution in [3.05, 3.63) is 50.7 Å². The van der Waals surface area contributed by atoms with Crippen molar-refractivity contribution in [3.63, 3.8) is 0 Å². The summed E-state index contributed by atoms with van der Waals surface area (Å²) in [7, 11) is 2.16.